The molecule has 0 amide bonds. The summed E-state index contributed by atoms with van der Waals surface area (Å²) in [4.78, 5) is 15.4. The number of esters is 1. The molecule has 1 aliphatic rings. The first kappa shape index (κ1) is 10.9. The van der Waals surface area contributed by atoms with E-state index in [1.54, 1.807) is 16.8 Å². The zero-order valence-corrected chi connectivity index (χ0v) is 9.91. The van der Waals surface area contributed by atoms with Crippen molar-refractivity contribution < 1.29 is 9.53 Å². The predicted molar refractivity (Wildman–Crippen MR) is 62.5 cm³/mol. The Hall–Kier alpha value is -2.24. The number of carbonyl (C=O) groups excluding carboxylic acids is 1. The zero-order valence-electron chi connectivity index (χ0n) is 9.91. The second-order valence-electron chi connectivity index (χ2n) is 4.26. The fourth-order valence-corrected chi connectivity index (χ4v) is 1.72. The van der Waals surface area contributed by atoms with Crippen molar-refractivity contribution in [1.29, 1.82) is 0 Å². The molecule has 6 nitrogen and oxygen atoms in total. The first-order valence-corrected chi connectivity index (χ1v) is 5.75. The number of nitrogens with zero attached hydrogens (tertiary/aromatic N) is 4. The van der Waals surface area contributed by atoms with Crippen LogP contribution in [0, 0.1) is 0 Å². The van der Waals surface area contributed by atoms with Crippen LogP contribution in [-0.2, 0) is 4.74 Å². The summed E-state index contributed by atoms with van der Waals surface area (Å²) in [5.41, 5.74) is 1.43. The third kappa shape index (κ3) is 1.97. The van der Waals surface area contributed by atoms with Gasteiger partial charge >= 0.3 is 5.97 Å². The molecule has 0 saturated heterocycles. The van der Waals surface area contributed by atoms with Gasteiger partial charge in [-0.2, -0.15) is 0 Å². The molecule has 0 bridgehead atoms. The van der Waals surface area contributed by atoms with Crippen LogP contribution in [-0.4, -0.2) is 33.1 Å². The van der Waals surface area contributed by atoms with Crippen LogP contribution in [0.25, 0.3) is 5.82 Å². The highest BCUT2D eigenvalue weighted by Crippen LogP contribution is 2.38. The Labute approximate surface area is 104 Å². The van der Waals surface area contributed by atoms with Crippen molar-refractivity contribution >= 4 is 5.97 Å². The first-order valence-electron chi connectivity index (χ1n) is 5.75. The maximum atomic E-state index is 11.3. The molecule has 18 heavy (non-hydrogen) atoms. The van der Waals surface area contributed by atoms with Gasteiger partial charge in [0, 0.05) is 12.1 Å². The number of aromatic nitrogens is 4. The van der Waals surface area contributed by atoms with Crippen molar-refractivity contribution in [2.75, 3.05) is 7.11 Å². The Balaban J connectivity index is 1.84. The number of ether oxygens (including phenoxy) is 1. The summed E-state index contributed by atoms with van der Waals surface area (Å²) >= 11 is 0. The topological polar surface area (TPSA) is 69.9 Å². The highest BCUT2D eigenvalue weighted by Gasteiger charge is 2.26. The van der Waals surface area contributed by atoms with E-state index in [2.05, 4.69) is 20.0 Å². The van der Waals surface area contributed by atoms with E-state index in [0.29, 0.717) is 17.3 Å². The van der Waals surface area contributed by atoms with Crippen LogP contribution in [0.2, 0.25) is 0 Å². The van der Waals surface area contributed by atoms with Crippen LogP contribution in [0.4, 0.5) is 0 Å². The molecule has 0 atom stereocenters. The molecule has 0 aromatic carbocycles. The van der Waals surface area contributed by atoms with Crippen molar-refractivity contribution in [2.24, 2.45) is 0 Å². The smallest absolute Gasteiger partial charge is 0.339 e. The van der Waals surface area contributed by atoms with Crippen LogP contribution in [0.3, 0.4) is 0 Å². The van der Waals surface area contributed by atoms with Crippen LogP contribution < -0.4 is 0 Å². The summed E-state index contributed by atoms with van der Waals surface area (Å²) in [6.07, 6.45) is 5.73. The van der Waals surface area contributed by atoms with E-state index in [0.717, 1.165) is 5.69 Å². The molecular weight excluding hydrogens is 232 g/mol. The molecule has 0 N–H and O–H groups in total. The van der Waals surface area contributed by atoms with Crippen molar-refractivity contribution in [1.82, 2.24) is 20.0 Å². The van der Waals surface area contributed by atoms with E-state index in [-0.39, 0.29) is 0 Å². The standard InChI is InChI=1S/C12H12N4O2/c1-18-12(17)9-4-5-11(13-6-9)16-7-10(14-15-16)8-2-3-8/h4-8H,2-3H2,1H3. The highest BCUT2D eigenvalue weighted by atomic mass is 16.5. The van der Waals surface area contributed by atoms with Gasteiger partial charge in [-0.25, -0.2) is 14.5 Å². The minimum atomic E-state index is -0.397. The highest BCUT2D eigenvalue weighted by molar-refractivity contribution is 5.88. The van der Waals surface area contributed by atoms with Gasteiger partial charge in [0.25, 0.3) is 0 Å². The Bertz CT molecular complexity index is 572. The molecule has 0 spiro atoms. The average Bonchev–Trinajstić information content (AvgIpc) is 3.16. The van der Waals surface area contributed by atoms with Crippen LogP contribution >= 0.6 is 0 Å². The second-order valence-corrected chi connectivity index (χ2v) is 4.26. The number of hydrogen-bond acceptors (Lipinski definition) is 5. The molecule has 0 radical (unpaired) electrons. The van der Waals surface area contributed by atoms with E-state index in [9.17, 15) is 4.79 Å². The quantitative estimate of drug-likeness (QED) is 0.762. The van der Waals surface area contributed by atoms with Crippen LogP contribution in [0.15, 0.2) is 24.5 Å². The summed E-state index contributed by atoms with van der Waals surface area (Å²) in [5.74, 6) is 0.807. The average molecular weight is 244 g/mol. The maximum Gasteiger partial charge on any atom is 0.339 e. The molecule has 0 aliphatic heterocycles. The zero-order chi connectivity index (χ0) is 12.5. The van der Waals surface area contributed by atoms with Gasteiger partial charge in [-0.05, 0) is 25.0 Å². The maximum absolute atomic E-state index is 11.3. The van der Waals surface area contributed by atoms with E-state index in [1.165, 1.54) is 26.1 Å². The lowest BCUT2D eigenvalue weighted by Gasteiger charge is -2.01. The predicted octanol–water partition coefficient (Wildman–Crippen LogP) is 1.33. The Kier molecular flexibility index (Phi) is 2.55. The molecule has 6 heteroatoms. The first-order chi connectivity index (χ1) is 8.78. The summed E-state index contributed by atoms with van der Waals surface area (Å²) in [5, 5.41) is 8.14. The molecular formula is C12H12N4O2. The van der Waals surface area contributed by atoms with E-state index < -0.39 is 5.97 Å². The molecule has 3 rings (SSSR count). The summed E-state index contributed by atoms with van der Waals surface area (Å²) in [6.45, 7) is 0. The van der Waals surface area contributed by atoms with Gasteiger partial charge in [0.05, 0.1) is 24.6 Å². The van der Waals surface area contributed by atoms with Gasteiger partial charge in [0.1, 0.15) is 0 Å². The van der Waals surface area contributed by atoms with Crippen molar-refractivity contribution in [3.8, 4) is 5.82 Å². The number of pyridine rings is 1. The van der Waals surface area contributed by atoms with Gasteiger partial charge in [-0.1, -0.05) is 5.21 Å². The molecule has 2 aromatic rings. The Morgan fingerprint density at radius 3 is 2.89 bits per heavy atom. The number of hydrogen-bond donors (Lipinski definition) is 0. The van der Waals surface area contributed by atoms with E-state index >= 15 is 0 Å². The summed E-state index contributed by atoms with van der Waals surface area (Å²) < 4.78 is 6.23. The van der Waals surface area contributed by atoms with Gasteiger partial charge < -0.3 is 4.74 Å². The Morgan fingerprint density at radius 1 is 1.44 bits per heavy atom. The van der Waals surface area contributed by atoms with Gasteiger partial charge in [0.2, 0.25) is 0 Å². The molecule has 2 aromatic heterocycles. The third-order valence-corrected chi connectivity index (χ3v) is 2.91. The van der Waals surface area contributed by atoms with Crippen LogP contribution in [0.1, 0.15) is 34.8 Å². The molecule has 2 heterocycles. The molecule has 92 valence electrons. The molecule has 1 saturated carbocycles. The van der Waals surface area contributed by atoms with Crippen molar-refractivity contribution in [3.05, 3.63) is 35.8 Å². The fraction of sp³-hybridized carbons (Fsp3) is 0.333. The van der Waals surface area contributed by atoms with Gasteiger partial charge in [-0.3, -0.25) is 0 Å². The molecule has 0 unspecified atom stereocenters. The number of carbonyl (C=O) groups is 1. The minimum absolute atomic E-state index is 0.397. The summed E-state index contributed by atoms with van der Waals surface area (Å²) in [6, 6.07) is 3.38. The third-order valence-electron chi connectivity index (χ3n) is 2.91. The van der Waals surface area contributed by atoms with Gasteiger partial charge in [-0.15, -0.1) is 5.10 Å². The van der Waals surface area contributed by atoms with Crippen molar-refractivity contribution in [3.63, 3.8) is 0 Å². The lowest BCUT2D eigenvalue weighted by Crippen LogP contribution is -2.04. The molecule has 1 fully saturated rings. The number of rotatable bonds is 3. The van der Waals surface area contributed by atoms with Crippen molar-refractivity contribution in [2.45, 2.75) is 18.8 Å². The van der Waals surface area contributed by atoms with E-state index in [1.807, 2.05) is 6.20 Å². The number of methoxy groups -OCH3 is 1. The fourth-order valence-electron chi connectivity index (χ4n) is 1.72. The molecule has 1 aliphatic carbocycles. The van der Waals surface area contributed by atoms with Crippen LogP contribution in [0.5, 0.6) is 0 Å². The second kappa shape index (κ2) is 4.21. The lowest BCUT2D eigenvalue weighted by atomic mass is 10.3. The monoisotopic (exact) mass is 244 g/mol. The largest absolute Gasteiger partial charge is 0.465 e. The van der Waals surface area contributed by atoms with Gasteiger partial charge in [0.15, 0.2) is 5.82 Å². The Morgan fingerprint density at radius 2 is 2.28 bits per heavy atom. The van der Waals surface area contributed by atoms with E-state index in [4.69, 9.17) is 0 Å². The summed E-state index contributed by atoms with van der Waals surface area (Å²) in [7, 11) is 1.34. The SMILES string of the molecule is COC(=O)c1ccc(-n2cc(C3CC3)nn2)nc1. The minimum Gasteiger partial charge on any atom is -0.465 e. The lowest BCUT2D eigenvalue weighted by molar-refractivity contribution is 0.0600. The normalized spacial score (nSPS) is 14.5.